The van der Waals surface area contributed by atoms with Crippen molar-refractivity contribution in [3.05, 3.63) is 64.8 Å². The Morgan fingerprint density at radius 3 is 2.89 bits per heavy atom. The molecule has 4 rings (SSSR count). The van der Waals surface area contributed by atoms with Crippen LogP contribution < -0.4 is 15.0 Å². The molecule has 1 aliphatic rings. The number of amides is 1. The van der Waals surface area contributed by atoms with E-state index in [2.05, 4.69) is 10.3 Å². The summed E-state index contributed by atoms with van der Waals surface area (Å²) < 4.78 is 5.08. The average Bonchev–Trinajstić information content (AvgIpc) is 2.67. The van der Waals surface area contributed by atoms with E-state index in [1.165, 1.54) is 23.1 Å². The third kappa shape index (κ3) is 3.32. The minimum absolute atomic E-state index is 0.0603. The second-order valence-electron chi connectivity index (χ2n) is 6.17. The Balaban J connectivity index is 1.56. The quantitative estimate of drug-likeness (QED) is 0.321. The number of pyridine rings is 1. The summed E-state index contributed by atoms with van der Waals surface area (Å²) >= 11 is 0. The molecule has 0 radical (unpaired) electrons. The molecule has 1 aliphatic heterocycles. The Labute approximate surface area is 158 Å². The van der Waals surface area contributed by atoms with Crippen LogP contribution in [0.5, 0.6) is 5.75 Å². The second kappa shape index (κ2) is 6.95. The highest BCUT2D eigenvalue weighted by Crippen LogP contribution is 2.35. The van der Waals surface area contributed by atoms with Crippen LogP contribution in [-0.4, -0.2) is 34.9 Å². The number of nitrogens with one attached hydrogen (secondary N) is 1. The Kier molecular flexibility index (Phi) is 4.32. The molecule has 0 unspecified atom stereocenters. The fourth-order valence-corrected chi connectivity index (χ4v) is 3.06. The van der Waals surface area contributed by atoms with Crippen LogP contribution >= 0.6 is 0 Å². The molecule has 0 saturated heterocycles. The van der Waals surface area contributed by atoms with Gasteiger partial charge in [0, 0.05) is 17.6 Å². The van der Waals surface area contributed by atoms with E-state index in [4.69, 9.17) is 4.74 Å². The first-order chi connectivity index (χ1) is 13.5. The van der Waals surface area contributed by atoms with Gasteiger partial charge in [0.2, 0.25) is 5.91 Å². The van der Waals surface area contributed by atoms with Crippen LogP contribution in [-0.2, 0) is 9.59 Å². The van der Waals surface area contributed by atoms with Crippen LogP contribution in [0.25, 0.3) is 10.9 Å². The molecule has 0 aliphatic carbocycles. The van der Waals surface area contributed by atoms with Gasteiger partial charge in [-0.2, -0.15) is 0 Å². The average molecular weight is 378 g/mol. The zero-order valence-corrected chi connectivity index (χ0v) is 14.5. The summed E-state index contributed by atoms with van der Waals surface area (Å²) in [6, 6.07) is 13.1. The first kappa shape index (κ1) is 17.4. The summed E-state index contributed by atoms with van der Waals surface area (Å²) in [4.78, 5) is 40.6. The number of non-ortho nitro benzene ring substituents is 1. The van der Waals surface area contributed by atoms with E-state index in [1.807, 2.05) is 24.3 Å². The van der Waals surface area contributed by atoms with Gasteiger partial charge in [0.1, 0.15) is 6.54 Å². The number of carbonyl (C=O) groups excluding carboxylic acids is 2. The number of nitro groups is 1. The fraction of sp³-hybridized carbons (Fsp3) is 0.105. The van der Waals surface area contributed by atoms with Gasteiger partial charge in [-0.3, -0.25) is 19.9 Å². The molecule has 0 bridgehead atoms. The highest BCUT2D eigenvalue weighted by Gasteiger charge is 2.27. The third-order valence-corrected chi connectivity index (χ3v) is 4.28. The summed E-state index contributed by atoms with van der Waals surface area (Å²) in [7, 11) is 0. The standard InChI is InChI=1S/C19H14N4O5/c24-17(21-14-5-1-3-12-4-2-8-20-19(12)14)10-22-11-18(25)28-16-9-13(23(26)27)6-7-15(16)22/h1-9H,10-11H2,(H,21,24). The first-order valence-corrected chi connectivity index (χ1v) is 8.39. The van der Waals surface area contributed by atoms with E-state index in [0.717, 1.165) is 5.39 Å². The number of benzene rings is 2. The third-order valence-electron chi connectivity index (χ3n) is 4.28. The number of anilines is 2. The highest BCUT2D eigenvalue weighted by atomic mass is 16.6. The molecule has 2 heterocycles. The van der Waals surface area contributed by atoms with Gasteiger partial charge in [0.05, 0.1) is 34.4 Å². The second-order valence-corrected chi connectivity index (χ2v) is 6.17. The maximum Gasteiger partial charge on any atom is 0.331 e. The summed E-state index contributed by atoms with van der Waals surface area (Å²) in [5.41, 5.74) is 1.47. The SMILES string of the molecule is O=C(CN1CC(=O)Oc2cc([N+](=O)[O-])ccc21)Nc1cccc2cccnc12. The number of nitro benzene ring substituents is 1. The molecule has 2 aromatic carbocycles. The predicted molar refractivity (Wildman–Crippen MR) is 101 cm³/mol. The van der Waals surface area contributed by atoms with Crippen LogP contribution in [0.2, 0.25) is 0 Å². The van der Waals surface area contributed by atoms with Crippen LogP contribution in [0.1, 0.15) is 0 Å². The molecule has 0 saturated carbocycles. The van der Waals surface area contributed by atoms with Gasteiger partial charge in [0.25, 0.3) is 5.69 Å². The molecule has 0 spiro atoms. The molecule has 0 atom stereocenters. The number of rotatable bonds is 4. The molecule has 9 nitrogen and oxygen atoms in total. The molecule has 1 aromatic heterocycles. The lowest BCUT2D eigenvalue weighted by molar-refractivity contribution is -0.384. The van der Waals surface area contributed by atoms with Crippen LogP contribution in [0.15, 0.2) is 54.7 Å². The smallest absolute Gasteiger partial charge is 0.331 e. The lowest BCUT2D eigenvalue weighted by Crippen LogP contribution is -2.41. The van der Waals surface area contributed by atoms with E-state index in [0.29, 0.717) is 16.9 Å². The Morgan fingerprint density at radius 1 is 1.25 bits per heavy atom. The molecule has 9 heteroatoms. The van der Waals surface area contributed by atoms with Crippen molar-refractivity contribution in [2.75, 3.05) is 23.3 Å². The highest BCUT2D eigenvalue weighted by molar-refractivity contribution is 6.02. The molecular weight excluding hydrogens is 364 g/mol. The largest absolute Gasteiger partial charge is 0.423 e. The fourth-order valence-electron chi connectivity index (χ4n) is 3.06. The molecule has 3 aromatic rings. The number of hydrogen-bond acceptors (Lipinski definition) is 7. The van der Waals surface area contributed by atoms with Crippen molar-refractivity contribution < 1.29 is 19.2 Å². The van der Waals surface area contributed by atoms with Crippen molar-refractivity contribution >= 4 is 39.8 Å². The predicted octanol–water partition coefficient (Wildman–Crippen LogP) is 2.51. The number of esters is 1. The van der Waals surface area contributed by atoms with E-state index in [-0.39, 0.29) is 30.4 Å². The van der Waals surface area contributed by atoms with Crippen molar-refractivity contribution in [3.63, 3.8) is 0 Å². The van der Waals surface area contributed by atoms with Crippen molar-refractivity contribution in [3.8, 4) is 5.75 Å². The van der Waals surface area contributed by atoms with Crippen LogP contribution in [0.4, 0.5) is 17.1 Å². The van der Waals surface area contributed by atoms with E-state index >= 15 is 0 Å². The monoisotopic (exact) mass is 378 g/mol. The number of nitrogens with zero attached hydrogens (tertiary/aromatic N) is 3. The summed E-state index contributed by atoms with van der Waals surface area (Å²) in [6.45, 7) is -0.255. The van der Waals surface area contributed by atoms with Gasteiger partial charge in [0.15, 0.2) is 5.75 Å². The zero-order valence-electron chi connectivity index (χ0n) is 14.5. The number of aromatic nitrogens is 1. The van der Waals surface area contributed by atoms with Gasteiger partial charge in [-0.25, -0.2) is 4.79 Å². The minimum atomic E-state index is -0.590. The lowest BCUT2D eigenvalue weighted by Gasteiger charge is -2.29. The molecule has 140 valence electrons. The van der Waals surface area contributed by atoms with Gasteiger partial charge < -0.3 is 15.0 Å². The maximum absolute atomic E-state index is 12.6. The Hall–Kier alpha value is -4.01. The number of ether oxygens (including phenoxy) is 1. The van der Waals surface area contributed by atoms with E-state index in [9.17, 15) is 19.7 Å². The number of para-hydroxylation sites is 1. The lowest BCUT2D eigenvalue weighted by atomic mass is 10.2. The van der Waals surface area contributed by atoms with E-state index in [1.54, 1.807) is 12.3 Å². The van der Waals surface area contributed by atoms with Gasteiger partial charge in [-0.1, -0.05) is 18.2 Å². The van der Waals surface area contributed by atoms with E-state index < -0.39 is 10.9 Å². The Bertz CT molecular complexity index is 1110. The van der Waals surface area contributed by atoms with Gasteiger partial charge in [-0.05, 0) is 18.2 Å². The Morgan fingerprint density at radius 2 is 2.07 bits per heavy atom. The van der Waals surface area contributed by atoms with Gasteiger partial charge in [-0.15, -0.1) is 0 Å². The van der Waals surface area contributed by atoms with Crippen LogP contribution in [0.3, 0.4) is 0 Å². The molecule has 1 amide bonds. The molecule has 1 N–H and O–H groups in total. The number of carbonyl (C=O) groups is 2. The number of hydrogen-bond donors (Lipinski definition) is 1. The zero-order chi connectivity index (χ0) is 19.7. The summed E-state index contributed by atoms with van der Waals surface area (Å²) in [5.74, 6) is -0.880. The van der Waals surface area contributed by atoms with Crippen LogP contribution in [0, 0.1) is 10.1 Å². The van der Waals surface area contributed by atoms with Crippen molar-refractivity contribution in [2.45, 2.75) is 0 Å². The minimum Gasteiger partial charge on any atom is -0.423 e. The summed E-state index contributed by atoms with van der Waals surface area (Å²) in [5, 5.41) is 14.6. The first-order valence-electron chi connectivity index (χ1n) is 8.39. The van der Waals surface area contributed by atoms with Crippen molar-refractivity contribution in [2.24, 2.45) is 0 Å². The maximum atomic E-state index is 12.6. The topological polar surface area (TPSA) is 115 Å². The molecule has 28 heavy (non-hydrogen) atoms. The summed E-state index contributed by atoms with van der Waals surface area (Å²) in [6.07, 6.45) is 1.64. The normalized spacial score (nSPS) is 13.0. The van der Waals surface area contributed by atoms with Gasteiger partial charge >= 0.3 is 5.97 Å². The molecular formula is C19H14N4O5. The van der Waals surface area contributed by atoms with Crippen molar-refractivity contribution in [1.29, 1.82) is 0 Å². The van der Waals surface area contributed by atoms with Crippen molar-refractivity contribution in [1.82, 2.24) is 4.98 Å². The number of fused-ring (bicyclic) bond motifs is 2. The molecule has 0 fully saturated rings.